The fraction of sp³-hybridized carbons (Fsp3) is 0.481. The molecular formula is C27H33N3O2S. The second-order valence-corrected chi connectivity index (χ2v) is 11.3. The Bertz CT molecular complexity index is 1240. The zero-order valence-electron chi connectivity index (χ0n) is 20.1. The Balaban J connectivity index is 1.59. The van der Waals surface area contributed by atoms with Gasteiger partial charge >= 0.3 is 0 Å². The van der Waals surface area contributed by atoms with Crippen LogP contribution < -0.4 is 10.2 Å². The fourth-order valence-electron chi connectivity index (χ4n) is 5.59. The molecule has 5 rings (SSSR count). The van der Waals surface area contributed by atoms with Crippen LogP contribution in [0.3, 0.4) is 0 Å². The zero-order valence-corrected chi connectivity index (χ0v) is 21.0. The average molecular weight is 464 g/mol. The summed E-state index contributed by atoms with van der Waals surface area (Å²) >= 11 is 1.63. The van der Waals surface area contributed by atoms with E-state index in [-0.39, 0.29) is 17.9 Å². The number of aromatic nitrogens is 1. The Morgan fingerprint density at radius 2 is 1.91 bits per heavy atom. The van der Waals surface area contributed by atoms with Crippen LogP contribution in [-0.4, -0.2) is 28.0 Å². The molecule has 1 saturated carbocycles. The predicted octanol–water partition coefficient (Wildman–Crippen LogP) is 5.68. The highest BCUT2D eigenvalue weighted by Gasteiger charge is 2.49. The molecule has 0 saturated heterocycles. The summed E-state index contributed by atoms with van der Waals surface area (Å²) in [6.07, 6.45) is 3.33. The molecule has 0 radical (unpaired) electrons. The van der Waals surface area contributed by atoms with Crippen LogP contribution in [0.5, 0.6) is 0 Å². The molecule has 1 aliphatic heterocycles. The summed E-state index contributed by atoms with van der Waals surface area (Å²) in [6.45, 7) is 11.0. The van der Waals surface area contributed by atoms with Gasteiger partial charge in [-0.05, 0) is 79.8 Å². The van der Waals surface area contributed by atoms with Gasteiger partial charge in [0.05, 0.1) is 16.8 Å². The number of hydrogen-bond donors (Lipinski definition) is 1. The molecule has 6 heteroatoms. The third kappa shape index (κ3) is 3.50. The van der Waals surface area contributed by atoms with E-state index in [1.165, 1.54) is 12.0 Å². The highest BCUT2D eigenvalue weighted by atomic mass is 32.1. The number of benzene rings is 1. The summed E-state index contributed by atoms with van der Waals surface area (Å²) in [6, 6.07) is 10.2. The number of rotatable bonds is 3. The van der Waals surface area contributed by atoms with Gasteiger partial charge in [0.25, 0.3) is 5.91 Å². The van der Waals surface area contributed by atoms with Crippen LogP contribution in [0.2, 0.25) is 0 Å². The predicted molar refractivity (Wildman–Crippen MR) is 135 cm³/mol. The minimum Gasteiger partial charge on any atom is -0.351 e. The second kappa shape index (κ2) is 8.01. The van der Waals surface area contributed by atoms with Crippen molar-refractivity contribution in [1.82, 2.24) is 9.88 Å². The van der Waals surface area contributed by atoms with E-state index in [4.69, 9.17) is 0 Å². The Morgan fingerprint density at radius 3 is 2.67 bits per heavy atom. The maximum absolute atomic E-state index is 14.0. The molecule has 1 aromatic carbocycles. The largest absolute Gasteiger partial charge is 0.351 e. The number of aryl methyl sites for hydroxylation is 2. The first kappa shape index (κ1) is 22.2. The van der Waals surface area contributed by atoms with Gasteiger partial charge in [-0.3, -0.25) is 14.5 Å². The molecule has 174 valence electrons. The number of amides is 2. The van der Waals surface area contributed by atoms with E-state index in [0.717, 1.165) is 34.3 Å². The third-order valence-electron chi connectivity index (χ3n) is 8.17. The van der Waals surface area contributed by atoms with Crippen molar-refractivity contribution in [3.63, 3.8) is 0 Å². The lowest BCUT2D eigenvalue weighted by molar-refractivity contribution is -0.128. The number of thiophene rings is 1. The van der Waals surface area contributed by atoms with Crippen LogP contribution in [0.15, 0.2) is 35.7 Å². The van der Waals surface area contributed by atoms with Crippen LogP contribution >= 0.6 is 11.3 Å². The molecule has 33 heavy (non-hydrogen) atoms. The van der Waals surface area contributed by atoms with Gasteiger partial charge in [0, 0.05) is 11.7 Å². The van der Waals surface area contributed by atoms with Gasteiger partial charge in [-0.25, -0.2) is 0 Å². The molecule has 4 atom stereocenters. The van der Waals surface area contributed by atoms with E-state index >= 15 is 0 Å². The zero-order chi connectivity index (χ0) is 23.5. The van der Waals surface area contributed by atoms with Crippen molar-refractivity contribution >= 4 is 39.1 Å². The summed E-state index contributed by atoms with van der Waals surface area (Å²) in [4.78, 5) is 29.7. The molecule has 2 amide bonds. The Hall–Kier alpha value is -2.60. The minimum absolute atomic E-state index is 0.0669. The van der Waals surface area contributed by atoms with Gasteiger partial charge in [-0.1, -0.05) is 32.8 Å². The number of hydrogen-bond acceptors (Lipinski definition) is 3. The number of fused-ring (bicyclic) bond motifs is 3. The summed E-state index contributed by atoms with van der Waals surface area (Å²) in [5.74, 6) is 0.826. The topological polar surface area (TPSA) is 54.3 Å². The van der Waals surface area contributed by atoms with E-state index in [9.17, 15) is 9.59 Å². The summed E-state index contributed by atoms with van der Waals surface area (Å²) in [7, 11) is 0. The molecule has 3 aromatic rings. The lowest BCUT2D eigenvalue weighted by atomic mass is 9.77. The molecule has 0 spiro atoms. The van der Waals surface area contributed by atoms with E-state index in [1.807, 2.05) is 47.2 Å². The normalized spacial score (nSPS) is 27.6. The van der Waals surface area contributed by atoms with Crippen molar-refractivity contribution in [3.8, 4) is 0 Å². The first-order valence-corrected chi connectivity index (χ1v) is 12.9. The summed E-state index contributed by atoms with van der Waals surface area (Å²) in [5, 5.41) is 5.42. The van der Waals surface area contributed by atoms with Crippen molar-refractivity contribution in [2.24, 2.45) is 11.8 Å². The molecule has 5 nitrogen and oxygen atoms in total. The molecule has 3 heterocycles. The first-order valence-electron chi connectivity index (χ1n) is 12.0. The number of nitrogens with zero attached hydrogens (tertiary/aromatic N) is 2. The number of carbonyl (C=O) groups is 2. The lowest BCUT2D eigenvalue weighted by Crippen LogP contribution is -2.66. The second-order valence-electron chi connectivity index (χ2n) is 10.3. The molecule has 1 fully saturated rings. The van der Waals surface area contributed by atoms with Crippen LogP contribution in [0, 0.1) is 25.7 Å². The minimum atomic E-state index is -1.03. The Kier molecular flexibility index (Phi) is 5.39. The third-order valence-corrected chi connectivity index (χ3v) is 9.02. The molecule has 1 aliphatic carbocycles. The highest BCUT2D eigenvalue weighted by molar-refractivity contribution is 7.17. The van der Waals surface area contributed by atoms with Crippen LogP contribution in [0.4, 0.5) is 5.69 Å². The van der Waals surface area contributed by atoms with Gasteiger partial charge in [-0.15, -0.1) is 11.3 Å². The number of carbonyl (C=O) groups excluding carboxylic acids is 2. The Morgan fingerprint density at radius 1 is 1.12 bits per heavy atom. The van der Waals surface area contributed by atoms with Gasteiger partial charge in [0.15, 0.2) is 0 Å². The van der Waals surface area contributed by atoms with E-state index in [0.29, 0.717) is 24.1 Å². The molecule has 2 aliphatic rings. The van der Waals surface area contributed by atoms with Crippen molar-refractivity contribution in [2.75, 3.05) is 4.90 Å². The SMILES string of the molecule is Cc1ccc(N2C(=O)c3cc4sccc4n3C[C@]2(C)C(=O)N[C@@H]2CCC[C@H](C)[C@@H]2C)cc1C. The van der Waals surface area contributed by atoms with Gasteiger partial charge in [-0.2, -0.15) is 0 Å². The average Bonchev–Trinajstić information content (AvgIpc) is 3.36. The van der Waals surface area contributed by atoms with Crippen LogP contribution in [0.1, 0.15) is 61.6 Å². The standard InChI is InChI=1S/C27H33N3O2S/c1-16-9-10-20(13-18(16)3)30-25(31)23-14-24-22(11-12-33-24)29(23)15-27(30,5)26(32)28-21-8-6-7-17(2)19(21)4/h9-14,17,19,21H,6-8,15H2,1-5H3,(H,28,32)/t17-,19-,21+,27+/m0/s1. The van der Waals surface area contributed by atoms with Crippen LogP contribution in [0.25, 0.3) is 10.2 Å². The number of anilines is 1. The monoisotopic (exact) mass is 463 g/mol. The quantitative estimate of drug-likeness (QED) is 0.543. The maximum atomic E-state index is 14.0. The fourth-order valence-corrected chi connectivity index (χ4v) is 6.41. The van der Waals surface area contributed by atoms with Gasteiger partial charge < -0.3 is 9.88 Å². The molecule has 2 aromatic heterocycles. The maximum Gasteiger partial charge on any atom is 0.275 e. The molecule has 1 N–H and O–H groups in total. The van der Waals surface area contributed by atoms with E-state index in [2.05, 4.69) is 33.0 Å². The van der Waals surface area contributed by atoms with Crippen molar-refractivity contribution in [2.45, 2.75) is 72.0 Å². The van der Waals surface area contributed by atoms with E-state index in [1.54, 1.807) is 16.2 Å². The first-order chi connectivity index (χ1) is 15.7. The number of nitrogens with one attached hydrogen (secondary N) is 1. The van der Waals surface area contributed by atoms with Crippen molar-refractivity contribution in [1.29, 1.82) is 0 Å². The lowest BCUT2D eigenvalue weighted by Gasteiger charge is -2.45. The molecule has 0 unspecified atom stereocenters. The summed E-state index contributed by atoms with van der Waals surface area (Å²) < 4.78 is 3.12. The van der Waals surface area contributed by atoms with Crippen molar-refractivity contribution in [3.05, 3.63) is 52.5 Å². The van der Waals surface area contributed by atoms with E-state index < -0.39 is 5.54 Å². The van der Waals surface area contributed by atoms with Crippen LogP contribution in [-0.2, 0) is 11.3 Å². The molecular weight excluding hydrogens is 430 g/mol. The van der Waals surface area contributed by atoms with Gasteiger partial charge in [0.2, 0.25) is 5.91 Å². The smallest absolute Gasteiger partial charge is 0.275 e. The van der Waals surface area contributed by atoms with Crippen molar-refractivity contribution < 1.29 is 9.59 Å². The highest BCUT2D eigenvalue weighted by Crippen LogP contribution is 2.38. The Labute approximate surface area is 199 Å². The molecule has 0 bridgehead atoms. The summed E-state index contributed by atoms with van der Waals surface area (Å²) in [5.41, 5.74) is 3.71. The van der Waals surface area contributed by atoms with Gasteiger partial charge in [0.1, 0.15) is 11.2 Å².